The number of ketones is 2. The number of carbonyl (C=O) groups excluding carboxylic acids is 2. The molecule has 0 spiro atoms. The molecule has 2 aliphatic carbocycles. The molecule has 15 nitrogen and oxygen atoms in total. The van der Waals surface area contributed by atoms with Gasteiger partial charge in [0.25, 0.3) is 0 Å². The van der Waals surface area contributed by atoms with Crippen LogP contribution in [0.25, 0.3) is 0 Å². The number of aliphatic hydroxyl groups excluding tert-OH is 4. The number of nitrogens with zero attached hydrogens (tertiary/aromatic N) is 2. The van der Waals surface area contributed by atoms with Crippen molar-refractivity contribution in [1.29, 1.82) is 0 Å². The number of guanidine groups is 1. The number of rotatable bonds is 9. The highest BCUT2D eigenvalue weighted by Crippen LogP contribution is 2.46. The summed E-state index contributed by atoms with van der Waals surface area (Å²) >= 11 is 0. The van der Waals surface area contributed by atoms with Gasteiger partial charge in [0.2, 0.25) is 12.1 Å². The van der Waals surface area contributed by atoms with Crippen LogP contribution < -0.4 is 26.3 Å². The number of nitrogen functional groups attached to an aromatic ring is 1. The van der Waals surface area contributed by atoms with Crippen LogP contribution in [0.2, 0.25) is 0 Å². The number of nitrogens with one attached hydrogen (secondary N) is 1. The Kier molecular flexibility index (Phi) is 10.2. The molecule has 1 saturated carbocycles. The monoisotopic (exact) mass is 705 g/mol. The lowest BCUT2D eigenvalue weighted by Gasteiger charge is -2.40. The topological polar surface area (TPSA) is 252 Å². The van der Waals surface area contributed by atoms with Gasteiger partial charge in [-0.15, -0.1) is 0 Å². The van der Waals surface area contributed by atoms with Crippen molar-refractivity contribution in [3.63, 3.8) is 0 Å². The molecule has 3 aromatic rings. The number of anilines is 1. The van der Waals surface area contributed by atoms with E-state index in [0.717, 1.165) is 37.7 Å². The second-order valence-corrected chi connectivity index (χ2v) is 13.3. The number of nitrogens with two attached hydrogens (primary N) is 2. The lowest BCUT2D eigenvalue weighted by molar-refractivity contribution is -0.277. The molecule has 5 unspecified atom stereocenters. The number of ether oxygens (including phenoxy) is 3. The van der Waals surface area contributed by atoms with Crippen molar-refractivity contribution in [2.24, 2.45) is 10.7 Å². The Balaban J connectivity index is 1.48. The van der Waals surface area contributed by atoms with Gasteiger partial charge in [0, 0.05) is 48.0 Å². The molecule has 15 heteroatoms. The van der Waals surface area contributed by atoms with E-state index in [9.17, 15) is 35.1 Å². The molecule has 0 amide bonds. The fourth-order valence-corrected chi connectivity index (χ4v) is 7.44. The number of phenolic OH excluding ortho intramolecular Hbond substituents is 1. The van der Waals surface area contributed by atoms with Gasteiger partial charge in [0.15, 0.2) is 11.7 Å². The Morgan fingerprint density at radius 3 is 2.41 bits per heavy atom. The molecule has 0 bridgehead atoms. The number of aliphatic imine (C=N–C) groups is 1. The van der Waals surface area contributed by atoms with Gasteiger partial charge >= 0.3 is 0 Å². The van der Waals surface area contributed by atoms with Gasteiger partial charge in [0.05, 0.1) is 24.8 Å². The smallest absolute Gasteiger partial charge is 0.229 e. The van der Waals surface area contributed by atoms with Gasteiger partial charge in [-0.3, -0.25) is 14.6 Å². The highest BCUT2D eigenvalue weighted by Gasteiger charge is 2.46. The third-order valence-corrected chi connectivity index (χ3v) is 10.3. The van der Waals surface area contributed by atoms with E-state index < -0.39 is 60.0 Å². The summed E-state index contributed by atoms with van der Waals surface area (Å²) in [5.41, 5.74) is 12.9. The first kappa shape index (κ1) is 36.0. The highest BCUT2D eigenvalue weighted by molar-refractivity contribution is 6.30. The van der Waals surface area contributed by atoms with E-state index in [0.29, 0.717) is 23.4 Å². The Hall–Kier alpha value is -4.80. The molecule has 5 atom stereocenters. The first-order valence-electron chi connectivity index (χ1n) is 16.8. The number of phenols is 1. The summed E-state index contributed by atoms with van der Waals surface area (Å²) in [6.07, 6.45) is -1.32. The predicted molar refractivity (Wildman–Crippen MR) is 184 cm³/mol. The Labute approximate surface area is 293 Å². The second kappa shape index (κ2) is 14.4. The zero-order chi connectivity index (χ0) is 36.6. The third-order valence-electron chi connectivity index (χ3n) is 10.3. The van der Waals surface area contributed by atoms with Crippen molar-refractivity contribution in [2.75, 3.05) is 26.5 Å². The number of hydrogen-bond acceptors (Lipinski definition) is 13. The molecule has 10 N–H and O–H groups in total. The van der Waals surface area contributed by atoms with Crippen LogP contribution in [0.15, 0.2) is 41.5 Å². The molecule has 1 aromatic heterocycles. The van der Waals surface area contributed by atoms with Crippen LogP contribution >= 0.6 is 0 Å². The number of hydrogen-bond donors (Lipinski definition) is 8. The van der Waals surface area contributed by atoms with Gasteiger partial charge < -0.3 is 56.5 Å². The average Bonchev–Trinajstić information content (AvgIpc) is 3.13. The lowest BCUT2D eigenvalue weighted by atomic mass is 9.65. The number of benzene rings is 2. The summed E-state index contributed by atoms with van der Waals surface area (Å²) in [4.78, 5) is 37.2. The molecule has 51 heavy (non-hydrogen) atoms. The predicted octanol–water partition coefficient (Wildman–Crippen LogP) is 0.811. The molecular weight excluding hydrogens is 662 g/mol. The van der Waals surface area contributed by atoms with Crippen molar-refractivity contribution in [3.05, 3.63) is 75.5 Å². The van der Waals surface area contributed by atoms with E-state index in [1.165, 1.54) is 26.3 Å². The molecule has 6 rings (SSSR count). The molecule has 2 aromatic carbocycles. The van der Waals surface area contributed by atoms with Crippen molar-refractivity contribution in [1.82, 2.24) is 10.3 Å². The van der Waals surface area contributed by atoms with Gasteiger partial charge in [-0.05, 0) is 48.6 Å². The van der Waals surface area contributed by atoms with E-state index in [-0.39, 0.29) is 46.3 Å². The fraction of sp³-hybridized carbons (Fsp3) is 0.444. The summed E-state index contributed by atoms with van der Waals surface area (Å²) in [5.74, 6) is -1.38. The van der Waals surface area contributed by atoms with Gasteiger partial charge in [-0.2, -0.15) is 0 Å². The number of aromatic hydroxyl groups is 1. The largest absolute Gasteiger partial charge is 0.507 e. The number of aliphatic hydroxyl groups is 4. The lowest BCUT2D eigenvalue weighted by Crippen LogP contribution is -2.60. The minimum Gasteiger partial charge on any atom is -0.507 e. The number of methoxy groups -OCH3 is 1. The molecular formula is C36H43N5O10. The quantitative estimate of drug-likeness (QED) is 0.0887. The fourth-order valence-electron chi connectivity index (χ4n) is 7.44. The Morgan fingerprint density at radius 1 is 1.04 bits per heavy atom. The number of pyridine rings is 1. The Bertz CT molecular complexity index is 1840. The zero-order valence-electron chi connectivity index (χ0n) is 28.3. The van der Waals surface area contributed by atoms with Gasteiger partial charge in [-0.25, -0.2) is 4.98 Å². The van der Waals surface area contributed by atoms with Gasteiger partial charge in [0.1, 0.15) is 47.5 Å². The zero-order valence-corrected chi connectivity index (χ0v) is 28.3. The minimum atomic E-state index is -1.80. The van der Waals surface area contributed by atoms with E-state index in [2.05, 4.69) is 15.3 Å². The van der Waals surface area contributed by atoms with E-state index in [1.807, 2.05) is 6.07 Å². The maximum atomic E-state index is 14.5. The minimum absolute atomic E-state index is 0.0150. The molecule has 2 fully saturated rings. The number of aromatic nitrogens is 1. The van der Waals surface area contributed by atoms with Crippen LogP contribution in [0, 0.1) is 0 Å². The van der Waals surface area contributed by atoms with Crippen molar-refractivity contribution < 1.29 is 49.3 Å². The van der Waals surface area contributed by atoms with Crippen molar-refractivity contribution in [2.45, 2.75) is 81.2 Å². The SMILES string of the molecule is CN=C(N)NCc1c(CC2(c3ccc(N)nc3)CCCCC2)cc2c(c1O)C(=O)c1c(OC3OC(CO)C(O)C(O)C3O)cc(OC)cc1C2=O. The molecule has 1 aliphatic heterocycles. The maximum Gasteiger partial charge on any atom is 0.229 e. The molecule has 0 radical (unpaired) electrons. The van der Waals surface area contributed by atoms with E-state index in [4.69, 9.17) is 25.7 Å². The van der Waals surface area contributed by atoms with Crippen LogP contribution in [0.1, 0.15) is 80.6 Å². The van der Waals surface area contributed by atoms with Crippen LogP contribution in [-0.4, -0.2) is 99.5 Å². The van der Waals surface area contributed by atoms with Gasteiger partial charge in [-0.1, -0.05) is 25.3 Å². The summed E-state index contributed by atoms with van der Waals surface area (Å²) in [5, 5.41) is 55.9. The standard InChI is InChI=1S/C36H43N5O10/c1-39-35(38)41-15-22-17(13-36(8-4-3-5-9-36)18-6-7-25(37)40-14-18)10-20-27(29(22)44)31(46)26-21(28(20)43)11-19(49-2)12-23(26)50-34-33(48)32(47)30(45)24(16-42)51-34/h6-7,10-12,14,24,30,32-34,42,44-45,47-48H,3-5,8-9,13,15-16H2,1-2H3,(H2,37,40)(H3,38,39,41). The van der Waals surface area contributed by atoms with E-state index >= 15 is 0 Å². The first-order chi connectivity index (χ1) is 24.4. The maximum absolute atomic E-state index is 14.5. The second-order valence-electron chi connectivity index (χ2n) is 13.3. The highest BCUT2D eigenvalue weighted by atomic mass is 16.7. The summed E-state index contributed by atoms with van der Waals surface area (Å²) in [6.45, 7) is -0.721. The first-order valence-corrected chi connectivity index (χ1v) is 16.8. The summed E-state index contributed by atoms with van der Waals surface area (Å²) in [7, 11) is 2.86. The third kappa shape index (κ3) is 6.58. The van der Waals surface area contributed by atoms with Crippen molar-refractivity contribution >= 4 is 23.3 Å². The van der Waals surface area contributed by atoms with E-state index in [1.54, 1.807) is 18.3 Å². The number of carbonyl (C=O) groups is 2. The summed E-state index contributed by atoms with van der Waals surface area (Å²) < 4.78 is 16.8. The Morgan fingerprint density at radius 2 is 1.76 bits per heavy atom. The van der Waals surface area contributed by atoms with Crippen LogP contribution in [0.4, 0.5) is 5.82 Å². The molecule has 3 aliphatic rings. The normalized spacial score (nSPS) is 24.4. The van der Waals surface area contributed by atoms with Crippen molar-refractivity contribution in [3.8, 4) is 17.2 Å². The average molecular weight is 706 g/mol. The molecule has 1 saturated heterocycles. The van der Waals surface area contributed by atoms with Crippen LogP contribution in [0.5, 0.6) is 17.2 Å². The number of fused-ring (bicyclic) bond motifs is 2. The molecule has 2 heterocycles. The van der Waals surface area contributed by atoms with Crippen LogP contribution in [0.3, 0.4) is 0 Å². The van der Waals surface area contributed by atoms with Crippen LogP contribution in [-0.2, 0) is 23.1 Å². The summed E-state index contributed by atoms with van der Waals surface area (Å²) in [6, 6.07) is 8.04. The molecule has 272 valence electrons.